The molecule has 0 unspecified atom stereocenters. The third-order valence-corrected chi connectivity index (χ3v) is 4.05. The summed E-state index contributed by atoms with van der Waals surface area (Å²) in [7, 11) is 2.21. The number of nitrogens with zero attached hydrogens (tertiary/aromatic N) is 1. The molecule has 2 rings (SSSR count). The zero-order chi connectivity index (χ0) is 12.8. The summed E-state index contributed by atoms with van der Waals surface area (Å²) in [4.78, 5) is 2.42. The molecule has 0 heterocycles. The second-order valence-corrected chi connectivity index (χ2v) is 5.78. The molecule has 1 aliphatic rings. The first kappa shape index (κ1) is 13.4. The van der Waals surface area contributed by atoms with Gasteiger partial charge in [0.2, 0.25) is 0 Å². The Morgan fingerprint density at radius 1 is 1.22 bits per heavy atom. The molecule has 0 aromatic heterocycles. The third-order valence-electron chi connectivity index (χ3n) is 4.05. The van der Waals surface area contributed by atoms with E-state index in [1.165, 1.54) is 50.6 Å². The minimum absolute atomic E-state index is 0.869. The zero-order valence-corrected chi connectivity index (χ0v) is 11.6. The molecule has 1 aliphatic carbocycles. The molecule has 1 fully saturated rings. The van der Waals surface area contributed by atoms with E-state index >= 15 is 0 Å². The van der Waals surface area contributed by atoms with Gasteiger partial charge in [-0.1, -0.05) is 44.2 Å². The lowest BCUT2D eigenvalue weighted by Crippen LogP contribution is -2.22. The van der Waals surface area contributed by atoms with Crippen LogP contribution >= 0.6 is 0 Å². The maximum absolute atomic E-state index is 5.81. The second kappa shape index (κ2) is 6.79. The predicted molar refractivity (Wildman–Crippen MR) is 78.4 cm³/mol. The van der Waals surface area contributed by atoms with Crippen molar-refractivity contribution in [1.82, 2.24) is 4.90 Å². The van der Waals surface area contributed by atoms with Crippen LogP contribution in [0.3, 0.4) is 0 Å². The first-order chi connectivity index (χ1) is 8.74. The molecule has 1 saturated carbocycles. The normalized spacial score (nSPS) is 17.2. The van der Waals surface area contributed by atoms with Crippen LogP contribution < -0.4 is 5.73 Å². The molecule has 100 valence electrons. The van der Waals surface area contributed by atoms with E-state index in [1.54, 1.807) is 0 Å². The predicted octanol–water partition coefficient (Wildman–Crippen LogP) is 3.67. The molecule has 0 saturated heterocycles. The van der Waals surface area contributed by atoms with Gasteiger partial charge in [0.1, 0.15) is 0 Å². The van der Waals surface area contributed by atoms with Gasteiger partial charge >= 0.3 is 0 Å². The fourth-order valence-corrected chi connectivity index (χ4v) is 2.96. The van der Waals surface area contributed by atoms with E-state index in [0.29, 0.717) is 0 Å². The van der Waals surface area contributed by atoms with Crippen molar-refractivity contribution in [3.8, 4) is 0 Å². The fraction of sp³-hybridized carbons (Fsp3) is 0.625. The van der Waals surface area contributed by atoms with E-state index in [1.807, 2.05) is 12.1 Å². The SMILES string of the molecule is CN(CCC1CCCCC1)Cc1cccc(N)c1. The van der Waals surface area contributed by atoms with Gasteiger partial charge < -0.3 is 10.6 Å². The van der Waals surface area contributed by atoms with E-state index in [9.17, 15) is 0 Å². The average molecular weight is 246 g/mol. The Balaban J connectivity index is 1.72. The van der Waals surface area contributed by atoms with E-state index in [2.05, 4.69) is 24.1 Å². The van der Waals surface area contributed by atoms with Gasteiger partial charge in [0, 0.05) is 12.2 Å². The quantitative estimate of drug-likeness (QED) is 0.803. The van der Waals surface area contributed by atoms with Gasteiger partial charge in [-0.25, -0.2) is 0 Å². The van der Waals surface area contributed by atoms with Crippen LogP contribution in [0.1, 0.15) is 44.1 Å². The Morgan fingerprint density at radius 2 is 2.00 bits per heavy atom. The van der Waals surface area contributed by atoms with Gasteiger partial charge in [0.15, 0.2) is 0 Å². The van der Waals surface area contributed by atoms with Gasteiger partial charge in [0.05, 0.1) is 0 Å². The number of hydrogen-bond acceptors (Lipinski definition) is 2. The largest absolute Gasteiger partial charge is 0.399 e. The van der Waals surface area contributed by atoms with Gasteiger partial charge in [-0.15, -0.1) is 0 Å². The highest BCUT2D eigenvalue weighted by atomic mass is 15.1. The van der Waals surface area contributed by atoms with Crippen molar-refractivity contribution >= 4 is 5.69 Å². The summed E-state index contributed by atoms with van der Waals surface area (Å²) in [5, 5.41) is 0. The molecular formula is C16H26N2. The van der Waals surface area contributed by atoms with Crippen molar-refractivity contribution in [3.05, 3.63) is 29.8 Å². The highest BCUT2D eigenvalue weighted by Crippen LogP contribution is 2.26. The molecule has 2 heteroatoms. The summed E-state index contributed by atoms with van der Waals surface area (Å²) < 4.78 is 0. The van der Waals surface area contributed by atoms with E-state index in [-0.39, 0.29) is 0 Å². The molecule has 0 aliphatic heterocycles. The van der Waals surface area contributed by atoms with E-state index in [4.69, 9.17) is 5.73 Å². The van der Waals surface area contributed by atoms with Gasteiger partial charge in [-0.05, 0) is 43.6 Å². The number of nitrogens with two attached hydrogens (primary N) is 1. The first-order valence-corrected chi connectivity index (χ1v) is 7.27. The minimum Gasteiger partial charge on any atom is -0.399 e. The molecule has 0 radical (unpaired) electrons. The molecule has 18 heavy (non-hydrogen) atoms. The maximum atomic E-state index is 5.81. The van der Waals surface area contributed by atoms with Crippen molar-refractivity contribution in [2.45, 2.75) is 45.1 Å². The summed E-state index contributed by atoms with van der Waals surface area (Å²) in [6, 6.07) is 8.23. The van der Waals surface area contributed by atoms with E-state index in [0.717, 1.165) is 18.2 Å². The smallest absolute Gasteiger partial charge is 0.0317 e. The number of anilines is 1. The van der Waals surface area contributed by atoms with Crippen molar-refractivity contribution in [2.75, 3.05) is 19.3 Å². The monoisotopic (exact) mass is 246 g/mol. The van der Waals surface area contributed by atoms with Crippen LogP contribution in [-0.2, 0) is 6.54 Å². The van der Waals surface area contributed by atoms with Crippen molar-refractivity contribution in [1.29, 1.82) is 0 Å². The zero-order valence-electron chi connectivity index (χ0n) is 11.6. The maximum Gasteiger partial charge on any atom is 0.0317 e. The summed E-state index contributed by atoms with van der Waals surface area (Å²) in [6.07, 6.45) is 8.61. The Hall–Kier alpha value is -1.02. The number of rotatable bonds is 5. The van der Waals surface area contributed by atoms with Crippen molar-refractivity contribution < 1.29 is 0 Å². The molecule has 0 bridgehead atoms. The molecular weight excluding hydrogens is 220 g/mol. The Morgan fingerprint density at radius 3 is 2.72 bits per heavy atom. The molecule has 2 nitrogen and oxygen atoms in total. The number of benzene rings is 1. The summed E-state index contributed by atoms with van der Waals surface area (Å²) in [6.45, 7) is 2.22. The van der Waals surface area contributed by atoms with Crippen LogP contribution in [0.5, 0.6) is 0 Å². The lowest BCUT2D eigenvalue weighted by molar-refractivity contribution is 0.260. The molecule has 2 N–H and O–H groups in total. The number of nitrogen functional groups attached to an aromatic ring is 1. The summed E-state index contributed by atoms with van der Waals surface area (Å²) in [5.74, 6) is 0.974. The van der Waals surface area contributed by atoms with Crippen LogP contribution in [0.25, 0.3) is 0 Å². The third kappa shape index (κ3) is 4.34. The first-order valence-electron chi connectivity index (χ1n) is 7.27. The lowest BCUT2D eigenvalue weighted by atomic mass is 9.87. The van der Waals surface area contributed by atoms with Crippen molar-refractivity contribution in [2.24, 2.45) is 5.92 Å². The Kier molecular flexibility index (Phi) is 5.06. The summed E-state index contributed by atoms with van der Waals surface area (Å²) >= 11 is 0. The Labute approximate surface area is 111 Å². The number of hydrogen-bond donors (Lipinski definition) is 1. The van der Waals surface area contributed by atoms with Gasteiger partial charge in [-0.2, -0.15) is 0 Å². The standard InChI is InChI=1S/C16H26N2/c1-18(11-10-14-6-3-2-4-7-14)13-15-8-5-9-16(17)12-15/h5,8-9,12,14H,2-4,6-7,10-11,13,17H2,1H3. The minimum atomic E-state index is 0.869. The fourth-order valence-electron chi connectivity index (χ4n) is 2.96. The lowest BCUT2D eigenvalue weighted by Gasteiger charge is -2.24. The molecule has 0 spiro atoms. The van der Waals surface area contributed by atoms with Gasteiger partial charge in [-0.3, -0.25) is 0 Å². The molecule has 0 atom stereocenters. The van der Waals surface area contributed by atoms with Crippen LogP contribution in [0.2, 0.25) is 0 Å². The van der Waals surface area contributed by atoms with Crippen LogP contribution in [0.15, 0.2) is 24.3 Å². The van der Waals surface area contributed by atoms with E-state index < -0.39 is 0 Å². The van der Waals surface area contributed by atoms with Crippen molar-refractivity contribution in [3.63, 3.8) is 0 Å². The highest BCUT2D eigenvalue weighted by molar-refractivity contribution is 5.40. The molecule has 0 amide bonds. The van der Waals surface area contributed by atoms with Gasteiger partial charge in [0.25, 0.3) is 0 Å². The van der Waals surface area contributed by atoms with Crippen LogP contribution in [0.4, 0.5) is 5.69 Å². The second-order valence-electron chi connectivity index (χ2n) is 5.78. The highest BCUT2D eigenvalue weighted by Gasteiger charge is 2.13. The van der Waals surface area contributed by atoms with Crippen LogP contribution in [0, 0.1) is 5.92 Å². The molecule has 1 aromatic carbocycles. The van der Waals surface area contributed by atoms with Crippen LogP contribution in [-0.4, -0.2) is 18.5 Å². The average Bonchev–Trinajstić information content (AvgIpc) is 2.38. The Bertz CT molecular complexity index is 356. The summed E-state index contributed by atoms with van der Waals surface area (Å²) in [5.41, 5.74) is 8.00. The topological polar surface area (TPSA) is 29.3 Å². The molecule has 1 aromatic rings.